The highest BCUT2D eigenvalue weighted by atomic mass is 35.5. The molecule has 0 aliphatic carbocycles. The third-order valence-electron chi connectivity index (χ3n) is 4.84. The van der Waals surface area contributed by atoms with Gasteiger partial charge in [0, 0.05) is 63.4 Å². The molecule has 1 aliphatic heterocycles. The van der Waals surface area contributed by atoms with E-state index in [0.717, 1.165) is 42.3 Å². The molecule has 4 rings (SSSR count). The summed E-state index contributed by atoms with van der Waals surface area (Å²) in [5, 5.41) is 0.992. The van der Waals surface area contributed by atoms with Crippen molar-refractivity contribution in [1.29, 1.82) is 0 Å². The van der Waals surface area contributed by atoms with E-state index in [4.69, 9.17) is 11.6 Å². The second-order valence-electron chi connectivity index (χ2n) is 6.89. The summed E-state index contributed by atoms with van der Waals surface area (Å²) >= 11 is 7.42. The number of aromatic nitrogens is 3. The number of pyridine rings is 2. The van der Waals surface area contributed by atoms with Gasteiger partial charge in [0.25, 0.3) is 0 Å². The lowest BCUT2D eigenvalue weighted by Gasteiger charge is -2.34. The molecule has 0 bridgehead atoms. The third kappa shape index (κ3) is 4.39. The predicted molar refractivity (Wildman–Crippen MR) is 117 cm³/mol. The number of carbonyl (C=O) groups excluding carboxylic acids is 1. The monoisotopic (exact) mass is 428 g/mol. The molecule has 9 heteroatoms. The topological polar surface area (TPSA) is 65.5 Å². The van der Waals surface area contributed by atoms with Crippen LogP contribution in [0.25, 0.3) is 10.4 Å². The first kappa shape index (κ1) is 19.8. The molecule has 0 radical (unpaired) electrons. The van der Waals surface area contributed by atoms with E-state index in [0.29, 0.717) is 16.1 Å². The zero-order valence-corrected chi connectivity index (χ0v) is 17.8. The number of nitrogens with zero attached hydrogens (tertiary/aromatic N) is 6. The minimum Gasteiger partial charge on any atom is -0.369 e. The molecule has 7 nitrogen and oxygen atoms in total. The smallest absolute Gasteiger partial charge is 0.231 e. The van der Waals surface area contributed by atoms with Crippen molar-refractivity contribution < 1.29 is 4.79 Å². The van der Waals surface area contributed by atoms with Crippen LogP contribution in [0.1, 0.15) is 6.92 Å². The van der Waals surface area contributed by atoms with Crippen LogP contribution >= 0.6 is 22.9 Å². The normalized spacial score (nSPS) is 14.8. The Morgan fingerprint density at radius 1 is 1.10 bits per heavy atom. The molecule has 0 unspecified atom stereocenters. The Hall–Kier alpha value is -2.55. The van der Waals surface area contributed by atoms with E-state index in [2.05, 4.69) is 31.8 Å². The fourth-order valence-electron chi connectivity index (χ4n) is 3.24. The van der Waals surface area contributed by atoms with Crippen LogP contribution in [0.2, 0.25) is 5.15 Å². The van der Waals surface area contributed by atoms with Gasteiger partial charge in [-0.05, 0) is 30.8 Å². The van der Waals surface area contributed by atoms with Gasteiger partial charge in [-0.2, -0.15) is 0 Å². The van der Waals surface area contributed by atoms with E-state index in [1.165, 1.54) is 18.3 Å². The SMILES string of the molecule is CC(=O)N(c1cc(N2CCN(C)CC2)ccn1)c1ncc(-c2ccnc(Cl)c2)s1. The number of carbonyl (C=O) groups is 1. The second kappa shape index (κ2) is 8.44. The van der Waals surface area contributed by atoms with Gasteiger partial charge < -0.3 is 9.80 Å². The van der Waals surface area contributed by atoms with Crippen LogP contribution in [-0.4, -0.2) is 59.0 Å². The summed E-state index contributed by atoms with van der Waals surface area (Å²) in [4.78, 5) is 32.5. The lowest BCUT2D eigenvalue weighted by atomic mass is 10.2. The van der Waals surface area contributed by atoms with E-state index in [-0.39, 0.29) is 5.91 Å². The Kier molecular flexibility index (Phi) is 5.75. The largest absolute Gasteiger partial charge is 0.369 e. The highest BCUT2D eigenvalue weighted by Gasteiger charge is 2.22. The van der Waals surface area contributed by atoms with Gasteiger partial charge in [0.05, 0.1) is 4.88 Å². The Morgan fingerprint density at radius 2 is 1.86 bits per heavy atom. The van der Waals surface area contributed by atoms with Crippen molar-refractivity contribution in [1.82, 2.24) is 19.9 Å². The summed E-state index contributed by atoms with van der Waals surface area (Å²) in [5.74, 6) is 0.435. The van der Waals surface area contributed by atoms with E-state index < -0.39 is 0 Å². The molecule has 1 saturated heterocycles. The number of hydrogen-bond acceptors (Lipinski definition) is 7. The van der Waals surface area contributed by atoms with Crippen molar-refractivity contribution >= 4 is 45.5 Å². The maximum absolute atomic E-state index is 12.5. The highest BCUT2D eigenvalue weighted by molar-refractivity contribution is 7.19. The van der Waals surface area contributed by atoms with Crippen molar-refractivity contribution in [3.05, 3.63) is 48.0 Å². The van der Waals surface area contributed by atoms with Crippen molar-refractivity contribution in [2.45, 2.75) is 6.92 Å². The van der Waals surface area contributed by atoms with Crippen molar-refractivity contribution in [2.24, 2.45) is 0 Å². The number of thiazole rings is 1. The quantitative estimate of drug-likeness (QED) is 0.590. The molecule has 0 saturated carbocycles. The van der Waals surface area contributed by atoms with Crippen LogP contribution in [0, 0.1) is 0 Å². The number of halogens is 1. The van der Waals surface area contributed by atoms with Gasteiger partial charge in [-0.3, -0.25) is 4.79 Å². The Bertz CT molecular complexity index is 1020. The summed E-state index contributed by atoms with van der Waals surface area (Å²) in [6.45, 7) is 5.44. The van der Waals surface area contributed by atoms with Crippen molar-refractivity contribution in [2.75, 3.05) is 43.0 Å². The average molecular weight is 429 g/mol. The number of likely N-dealkylation sites (N-methyl/N-ethyl adjacent to an activating group) is 1. The molecule has 0 N–H and O–H groups in total. The molecular weight excluding hydrogens is 408 g/mol. The molecule has 0 aromatic carbocycles. The maximum Gasteiger partial charge on any atom is 0.231 e. The van der Waals surface area contributed by atoms with Crippen molar-refractivity contribution in [3.8, 4) is 10.4 Å². The molecule has 1 aliphatic rings. The third-order valence-corrected chi connectivity index (χ3v) is 6.08. The van der Waals surface area contributed by atoms with Crippen LogP contribution < -0.4 is 9.80 Å². The molecule has 29 heavy (non-hydrogen) atoms. The fraction of sp³-hybridized carbons (Fsp3) is 0.300. The Labute approximate surface area is 178 Å². The van der Waals surface area contributed by atoms with Crippen LogP contribution in [-0.2, 0) is 4.79 Å². The molecule has 1 amide bonds. The molecule has 150 valence electrons. The zero-order valence-electron chi connectivity index (χ0n) is 16.2. The number of piperazine rings is 1. The van der Waals surface area contributed by atoms with Crippen molar-refractivity contribution in [3.63, 3.8) is 0 Å². The lowest BCUT2D eigenvalue weighted by molar-refractivity contribution is -0.115. The Balaban J connectivity index is 1.63. The summed E-state index contributed by atoms with van der Waals surface area (Å²) in [6.07, 6.45) is 5.14. The summed E-state index contributed by atoms with van der Waals surface area (Å²) < 4.78 is 0. The van der Waals surface area contributed by atoms with Crippen LogP contribution in [0.15, 0.2) is 42.9 Å². The summed E-state index contributed by atoms with van der Waals surface area (Å²) in [5.41, 5.74) is 1.98. The van der Waals surface area contributed by atoms with Crippen LogP contribution in [0.3, 0.4) is 0 Å². The van der Waals surface area contributed by atoms with E-state index in [1.807, 2.05) is 18.2 Å². The van der Waals surface area contributed by atoms with E-state index in [1.54, 1.807) is 29.6 Å². The van der Waals surface area contributed by atoms with E-state index >= 15 is 0 Å². The number of hydrogen-bond donors (Lipinski definition) is 0. The number of rotatable bonds is 4. The minimum atomic E-state index is -0.137. The maximum atomic E-state index is 12.5. The molecule has 0 spiro atoms. The number of anilines is 3. The lowest BCUT2D eigenvalue weighted by Crippen LogP contribution is -2.44. The molecule has 4 heterocycles. The highest BCUT2D eigenvalue weighted by Crippen LogP contribution is 2.35. The average Bonchev–Trinajstić information content (AvgIpc) is 3.18. The first-order valence-electron chi connectivity index (χ1n) is 9.29. The molecule has 3 aromatic rings. The van der Waals surface area contributed by atoms with Gasteiger partial charge >= 0.3 is 0 Å². The molecule has 3 aromatic heterocycles. The van der Waals surface area contributed by atoms with Gasteiger partial charge in [0.2, 0.25) is 5.91 Å². The van der Waals surface area contributed by atoms with Gasteiger partial charge in [0.1, 0.15) is 11.0 Å². The summed E-state index contributed by atoms with van der Waals surface area (Å²) in [7, 11) is 2.13. The van der Waals surface area contributed by atoms with E-state index in [9.17, 15) is 4.79 Å². The standard InChI is InChI=1S/C20H21ClN6OS/c1-14(28)27(20-24-13-17(29-20)15-3-5-22-18(21)11-15)19-12-16(4-6-23-19)26-9-7-25(2)8-10-26/h3-6,11-13H,7-10H2,1-2H3. The van der Waals surface area contributed by atoms with Crippen LogP contribution in [0.4, 0.5) is 16.6 Å². The fourth-order valence-corrected chi connectivity index (χ4v) is 4.38. The van der Waals surface area contributed by atoms with Gasteiger partial charge in [-0.1, -0.05) is 22.9 Å². The zero-order chi connectivity index (χ0) is 20.4. The summed E-state index contributed by atoms with van der Waals surface area (Å²) in [6, 6.07) is 7.59. The predicted octanol–water partition coefficient (Wildman–Crippen LogP) is 3.69. The number of amides is 1. The van der Waals surface area contributed by atoms with Gasteiger partial charge in [-0.25, -0.2) is 19.9 Å². The first-order chi connectivity index (χ1) is 14.0. The minimum absolute atomic E-state index is 0.137. The first-order valence-corrected chi connectivity index (χ1v) is 10.5. The molecule has 0 atom stereocenters. The van der Waals surface area contributed by atoms with Crippen LogP contribution in [0.5, 0.6) is 0 Å². The molecule has 1 fully saturated rings. The van der Waals surface area contributed by atoms with Gasteiger partial charge in [-0.15, -0.1) is 0 Å². The Morgan fingerprint density at radius 3 is 2.59 bits per heavy atom. The second-order valence-corrected chi connectivity index (χ2v) is 8.29. The molecular formula is C20H21ClN6OS. The van der Waals surface area contributed by atoms with Gasteiger partial charge in [0.15, 0.2) is 5.13 Å².